The molecule has 0 aliphatic rings. The number of nitrogens with one attached hydrogen (secondary N) is 3. The molecule has 37 heavy (non-hydrogen) atoms. The van der Waals surface area contributed by atoms with E-state index in [-0.39, 0.29) is 4.90 Å². The fraction of sp³-hybridized carbons (Fsp3) is 0.0741. The molecule has 3 N–H and O–H groups in total. The maximum Gasteiger partial charge on any atom is 0.262 e. The van der Waals surface area contributed by atoms with Crippen LogP contribution < -0.4 is 29.6 Å². The van der Waals surface area contributed by atoms with Gasteiger partial charge < -0.3 is 24.8 Å². The van der Waals surface area contributed by atoms with Gasteiger partial charge in [0.2, 0.25) is 0 Å². The molecule has 0 heterocycles. The minimum Gasteiger partial charge on any atom is -0.497 e. The highest BCUT2D eigenvalue weighted by molar-refractivity contribution is 7.92. The second-order valence-corrected chi connectivity index (χ2v) is 9.81. The van der Waals surface area contributed by atoms with E-state index in [1.807, 2.05) is 54.6 Å². The van der Waals surface area contributed by atoms with Crippen LogP contribution in [0.3, 0.4) is 0 Å². The zero-order valence-corrected chi connectivity index (χ0v) is 21.7. The van der Waals surface area contributed by atoms with Crippen LogP contribution in [0.2, 0.25) is 0 Å². The lowest BCUT2D eigenvalue weighted by Crippen LogP contribution is -2.20. The number of para-hydroxylation sites is 1. The summed E-state index contributed by atoms with van der Waals surface area (Å²) < 4.78 is 44.6. The second kappa shape index (κ2) is 11.6. The highest BCUT2D eigenvalue weighted by Gasteiger charge is 2.17. The largest absolute Gasteiger partial charge is 0.497 e. The third-order valence-electron chi connectivity index (χ3n) is 5.16. The molecule has 0 bridgehead atoms. The Hall–Kier alpha value is -4.28. The molecule has 0 unspecified atom stereocenters. The smallest absolute Gasteiger partial charge is 0.262 e. The quantitative estimate of drug-likeness (QED) is 0.221. The number of anilines is 3. The fourth-order valence-electron chi connectivity index (χ4n) is 3.33. The molecule has 0 aliphatic carbocycles. The Morgan fingerprint density at radius 3 is 1.97 bits per heavy atom. The topological polar surface area (TPSA) is 97.9 Å². The predicted octanol–water partition coefficient (Wildman–Crippen LogP) is 6.11. The molecule has 4 aromatic rings. The summed E-state index contributed by atoms with van der Waals surface area (Å²) in [4.78, 5) is 0.0404. The van der Waals surface area contributed by atoms with Crippen molar-refractivity contribution in [1.29, 1.82) is 0 Å². The third kappa shape index (κ3) is 6.90. The number of hydrogen-bond donors (Lipinski definition) is 3. The molecule has 0 fully saturated rings. The van der Waals surface area contributed by atoms with Crippen molar-refractivity contribution in [2.24, 2.45) is 0 Å². The lowest BCUT2D eigenvalue weighted by atomic mass is 10.3. The third-order valence-corrected chi connectivity index (χ3v) is 6.75. The number of benzene rings is 4. The van der Waals surface area contributed by atoms with E-state index in [0.717, 1.165) is 11.4 Å². The summed E-state index contributed by atoms with van der Waals surface area (Å²) >= 11 is 5.43. The van der Waals surface area contributed by atoms with E-state index in [4.69, 9.17) is 26.4 Å². The highest BCUT2D eigenvalue weighted by atomic mass is 32.2. The molecular weight excluding hydrogens is 510 g/mol. The molecular formula is C27H25N3O5S2. The first-order valence-electron chi connectivity index (χ1n) is 11.1. The average Bonchev–Trinajstić information content (AvgIpc) is 2.91. The SMILES string of the molecule is COc1ccc(NS(=O)(=O)c2ccc(NC(=S)Nc3ccc(Oc4ccccc4)cc3)c(OC)c2)cc1. The number of thiocarbonyl (C=S) groups is 1. The van der Waals surface area contributed by atoms with Crippen molar-refractivity contribution < 1.29 is 22.6 Å². The molecule has 0 radical (unpaired) electrons. The first-order valence-corrected chi connectivity index (χ1v) is 13.0. The normalized spacial score (nSPS) is 10.8. The van der Waals surface area contributed by atoms with Gasteiger partial charge in [-0.25, -0.2) is 8.42 Å². The van der Waals surface area contributed by atoms with Crippen LogP contribution >= 0.6 is 12.2 Å². The van der Waals surface area contributed by atoms with Crippen LogP contribution in [0.15, 0.2) is 102 Å². The fourth-order valence-corrected chi connectivity index (χ4v) is 4.63. The van der Waals surface area contributed by atoms with E-state index in [1.54, 1.807) is 37.4 Å². The summed E-state index contributed by atoms with van der Waals surface area (Å²) in [5, 5.41) is 6.44. The van der Waals surface area contributed by atoms with Crippen molar-refractivity contribution in [3.63, 3.8) is 0 Å². The van der Waals surface area contributed by atoms with Gasteiger partial charge in [0.15, 0.2) is 5.11 Å². The Balaban J connectivity index is 1.40. The zero-order chi connectivity index (χ0) is 26.3. The zero-order valence-electron chi connectivity index (χ0n) is 20.1. The average molecular weight is 536 g/mol. The molecule has 0 saturated heterocycles. The first kappa shape index (κ1) is 25.8. The summed E-state index contributed by atoms with van der Waals surface area (Å²) in [5.74, 6) is 2.38. The van der Waals surface area contributed by atoms with E-state index in [0.29, 0.717) is 33.7 Å². The molecule has 0 spiro atoms. The Kier molecular flexibility index (Phi) is 8.11. The Labute approximate surface area is 221 Å². The molecule has 0 aromatic heterocycles. The summed E-state index contributed by atoms with van der Waals surface area (Å²) in [5.41, 5.74) is 1.67. The van der Waals surface area contributed by atoms with Crippen LogP contribution in [0.5, 0.6) is 23.0 Å². The summed E-state index contributed by atoms with van der Waals surface area (Å²) in [6.07, 6.45) is 0. The van der Waals surface area contributed by atoms with E-state index in [9.17, 15) is 8.42 Å². The molecule has 4 rings (SSSR count). The van der Waals surface area contributed by atoms with Gasteiger partial charge in [0.1, 0.15) is 23.0 Å². The molecule has 190 valence electrons. The Morgan fingerprint density at radius 1 is 0.703 bits per heavy atom. The van der Waals surface area contributed by atoms with Gasteiger partial charge in [-0.2, -0.15) is 0 Å². The van der Waals surface area contributed by atoms with Crippen LogP contribution in [-0.4, -0.2) is 27.7 Å². The van der Waals surface area contributed by atoms with Gasteiger partial charge in [0.25, 0.3) is 10.0 Å². The van der Waals surface area contributed by atoms with E-state index >= 15 is 0 Å². The monoisotopic (exact) mass is 535 g/mol. The lowest BCUT2D eigenvalue weighted by molar-refractivity contribution is 0.415. The van der Waals surface area contributed by atoms with Crippen LogP contribution in [0.1, 0.15) is 0 Å². The first-order chi connectivity index (χ1) is 17.9. The molecule has 8 nitrogen and oxygen atoms in total. The van der Waals surface area contributed by atoms with Crippen molar-refractivity contribution >= 4 is 44.4 Å². The van der Waals surface area contributed by atoms with E-state index in [2.05, 4.69) is 15.4 Å². The van der Waals surface area contributed by atoms with E-state index in [1.165, 1.54) is 19.2 Å². The molecule has 10 heteroatoms. The molecule has 0 amide bonds. The van der Waals surface area contributed by atoms with Crippen molar-refractivity contribution in [3.05, 3.63) is 97.1 Å². The van der Waals surface area contributed by atoms with Crippen molar-refractivity contribution in [3.8, 4) is 23.0 Å². The van der Waals surface area contributed by atoms with Crippen molar-refractivity contribution in [2.45, 2.75) is 4.90 Å². The molecule has 0 atom stereocenters. The molecule has 0 saturated carbocycles. The van der Waals surface area contributed by atoms with Gasteiger partial charge in [0.05, 0.1) is 24.8 Å². The number of hydrogen-bond acceptors (Lipinski definition) is 6. The van der Waals surface area contributed by atoms with E-state index < -0.39 is 10.0 Å². The van der Waals surface area contributed by atoms with Gasteiger partial charge in [-0.3, -0.25) is 4.72 Å². The van der Waals surface area contributed by atoms with Gasteiger partial charge >= 0.3 is 0 Å². The number of ether oxygens (including phenoxy) is 3. The predicted molar refractivity (Wildman–Crippen MR) is 150 cm³/mol. The number of rotatable bonds is 9. The summed E-state index contributed by atoms with van der Waals surface area (Å²) in [7, 11) is -0.849. The highest BCUT2D eigenvalue weighted by Crippen LogP contribution is 2.29. The van der Waals surface area contributed by atoms with Crippen LogP contribution in [-0.2, 0) is 10.0 Å². The minimum atomic E-state index is -3.84. The standard InChI is InChI=1S/C27H25N3O5S2/c1-33-21-12-10-20(11-13-21)30-37(31,32)24-16-17-25(26(18-24)34-2)29-27(36)28-19-8-14-23(15-9-19)35-22-6-4-3-5-7-22/h3-18,30H,1-2H3,(H2,28,29,36). The molecule has 0 aliphatic heterocycles. The van der Waals surface area contributed by atoms with Crippen molar-refractivity contribution in [1.82, 2.24) is 0 Å². The van der Waals surface area contributed by atoms with Gasteiger partial charge in [-0.15, -0.1) is 0 Å². The number of methoxy groups -OCH3 is 2. The van der Waals surface area contributed by atoms with Crippen LogP contribution in [0.4, 0.5) is 17.1 Å². The summed E-state index contributed by atoms with van der Waals surface area (Å²) in [6, 6.07) is 27.9. The maximum absolute atomic E-state index is 12.9. The number of sulfonamides is 1. The minimum absolute atomic E-state index is 0.0404. The lowest BCUT2D eigenvalue weighted by Gasteiger charge is -2.15. The molecule has 4 aromatic carbocycles. The van der Waals surface area contributed by atoms with Gasteiger partial charge in [-0.05, 0) is 85.0 Å². The van der Waals surface area contributed by atoms with Crippen molar-refractivity contribution in [2.75, 3.05) is 29.6 Å². The van der Waals surface area contributed by atoms with Gasteiger partial charge in [-0.1, -0.05) is 18.2 Å². The second-order valence-electron chi connectivity index (χ2n) is 7.71. The van der Waals surface area contributed by atoms with Gasteiger partial charge in [0, 0.05) is 17.4 Å². The van der Waals surface area contributed by atoms with Crippen LogP contribution in [0, 0.1) is 0 Å². The van der Waals surface area contributed by atoms with Crippen LogP contribution in [0.25, 0.3) is 0 Å². The Morgan fingerprint density at radius 2 is 1.32 bits per heavy atom. The Bertz CT molecular complexity index is 1460. The maximum atomic E-state index is 12.9. The summed E-state index contributed by atoms with van der Waals surface area (Å²) in [6.45, 7) is 0.